The van der Waals surface area contributed by atoms with E-state index in [1.54, 1.807) is 6.04 Å². The van der Waals surface area contributed by atoms with Crippen molar-refractivity contribution in [2.24, 2.45) is 4.99 Å². The van der Waals surface area contributed by atoms with Gasteiger partial charge in [0.25, 0.3) is 0 Å². The van der Waals surface area contributed by atoms with Crippen LogP contribution in [0.4, 0.5) is 0 Å². The van der Waals surface area contributed by atoms with Gasteiger partial charge >= 0.3 is 0 Å². The molecule has 0 rings (SSSR count). The monoisotopic (exact) mass is 463 g/mol. The Morgan fingerprint density at radius 1 is 0.548 bits per heavy atom. The minimum atomic E-state index is -1.12. The van der Waals surface area contributed by atoms with Gasteiger partial charge in [-0.2, -0.15) is 0 Å². The van der Waals surface area contributed by atoms with Crippen molar-refractivity contribution in [2.75, 3.05) is 6.54 Å². The van der Waals surface area contributed by atoms with E-state index in [1.807, 2.05) is 0 Å². The van der Waals surface area contributed by atoms with Crippen LogP contribution in [0.1, 0.15) is 92.9 Å². The molecule has 0 amide bonds. The van der Waals surface area contributed by atoms with Crippen molar-refractivity contribution in [1.82, 2.24) is 0 Å². The molecule has 0 spiro atoms. The van der Waals surface area contributed by atoms with Gasteiger partial charge in [-0.25, -0.2) is 0 Å². The molecule has 0 N–H and O–H groups in total. The molecule has 0 unspecified atom stereocenters. The first-order valence-electron chi connectivity index (χ1n) is 13.8. The van der Waals surface area contributed by atoms with E-state index in [-0.39, 0.29) is 0 Å². The lowest BCUT2D eigenvalue weighted by molar-refractivity contribution is 0.577. The molecule has 0 aromatic carbocycles. The van der Waals surface area contributed by atoms with Crippen molar-refractivity contribution in [3.8, 4) is 0 Å². The van der Waals surface area contributed by atoms with Gasteiger partial charge in [0.15, 0.2) is 0 Å². The first-order valence-corrected chi connectivity index (χ1v) is 19.4. The minimum Gasteiger partial charge on any atom is -0.298 e. The number of aliphatic imine (C=N–C) groups is 1. The summed E-state index contributed by atoms with van der Waals surface area (Å²) < 4.78 is 0. The van der Waals surface area contributed by atoms with E-state index in [1.165, 1.54) is 93.7 Å². The highest BCUT2D eigenvalue weighted by Crippen LogP contribution is 2.29. The summed E-state index contributed by atoms with van der Waals surface area (Å²) in [5, 5.41) is 0. The molecular weight excluding hydrogens is 406 g/mol. The Morgan fingerprint density at radius 2 is 1.00 bits per heavy atom. The van der Waals surface area contributed by atoms with Gasteiger partial charge in [0.2, 0.25) is 0 Å². The second kappa shape index (κ2) is 20.2. The fraction of sp³-hybridized carbons (Fsp3) is 0.821. The Kier molecular flexibility index (Phi) is 19.9. The molecule has 0 saturated heterocycles. The Labute approximate surface area is 199 Å². The van der Waals surface area contributed by atoms with Crippen LogP contribution in [0.15, 0.2) is 29.3 Å². The van der Waals surface area contributed by atoms with Gasteiger partial charge in [0, 0.05) is 6.54 Å². The van der Waals surface area contributed by atoms with Crippen molar-refractivity contribution in [3.63, 3.8) is 0 Å². The topological polar surface area (TPSA) is 12.4 Å². The molecule has 0 aromatic heterocycles. The molecule has 0 aliphatic rings. The van der Waals surface area contributed by atoms with Gasteiger partial charge in [-0.1, -0.05) is 127 Å². The van der Waals surface area contributed by atoms with Crippen LogP contribution >= 0.6 is 0 Å². The van der Waals surface area contributed by atoms with Crippen molar-refractivity contribution < 1.29 is 0 Å². The van der Waals surface area contributed by atoms with Crippen LogP contribution in [0.2, 0.25) is 48.4 Å². The molecule has 31 heavy (non-hydrogen) atoms. The maximum absolute atomic E-state index is 4.76. The van der Waals surface area contributed by atoms with Crippen LogP contribution in [0, 0.1) is 0 Å². The van der Waals surface area contributed by atoms with Crippen LogP contribution in [-0.2, 0) is 0 Å². The summed E-state index contributed by atoms with van der Waals surface area (Å²) in [7, 11) is -2.11. The molecule has 0 aliphatic carbocycles. The molecule has 0 fully saturated rings. The summed E-state index contributed by atoms with van der Waals surface area (Å²) in [5.41, 5.74) is 0. The van der Waals surface area contributed by atoms with Crippen molar-refractivity contribution in [1.29, 1.82) is 0 Å². The van der Waals surface area contributed by atoms with Crippen LogP contribution < -0.4 is 0 Å². The largest absolute Gasteiger partial charge is 0.298 e. The lowest BCUT2D eigenvalue weighted by Gasteiger charge is -2.28. The summed E-state index contributed by atoms with van der Waals surface area (Å²) in [6, 6.07) is 11.3. The Morgan fingerprint density at radius 3 is 1.48 bits per heavy atom. The number of hydrogen-bond acceptors (Lipinski definition) is 1. The van der Waals surface area contributed by atoms with Gasteiger partial charge in [-0.3, -0.25) is 4.99 Å². The van der Waals surface area contributed by atoms with Gasteiger partial charge in [-0.05, 0) is 44.6 Å². The zero-order valence-corrected chi connectivity index (χ0v) is 24.4. The number of allylic oxidation sites excluding steroid dienone is 4. The predicted molar refractivity (Wildman–Crippen MR) is 153 cm³/mol. The quantitative estimate of drug-likeness (QED) is 0.0694. The first kappa shape index (κ1) is 30.6. The van der Waals surface area contributed by atoms with E-state index < -0.39 is 16.1 Å². The Hall–Kier alpha value is -0.416. The summed E-state index contributed by atoms with van der Waals surface area (Å²) in [5.74, 6) is 0. The molecule has 0 aromatic rings. The van der Waals surface area contributed by atoms with E-state index in [0.29, 0.717) is 0 Å². The molecule has 0 aliphatic heterocycles. The number of rotatable bonds is 21. The highest BCUT2D eigenvalue weighted by atomic mass is 28.3. The maximum Gasteiger partial charge on any atom is 0.0621 e. The first-order chi connectivity index (χ1) is 15.1. The smallest absolute Gasteiger partial charge is 0.0621 e. The van der Waals surface area contributed by atoms with E-state index in [4.69, 9.17) is 4.99 Å². The highest BCUT2D eigenvalue weighted by molar-refractivity contribution is 6.82. The van der Waals surface area contributed by atoms with Gasteiger partial charge in [0.05, 0.1) is 16.1 Å². The maximum atomic E-state index is 4.76. The number of unbranched alkanes of at least 4 members (excludes halogenated alkanes) is 7. The molecule has 0 atom stereocenters. The standard InChI is InChI=1S/C28H57NSi2/c1-7-13-25-30(9-3,10-4)27-22-20-18-16-15-17-19-21-23-29-24-28-31(11-5,12-6)26-14-8-2/h7-8,13-14,24H,9-12,15-23,25-28H2,1-6H3/b13-7+,14-8+,29-24?. The molecule has 182 valence electrons. The Balaban J connectivity index is 3.78. The molecular formula is C28H57NSi2. The van der Waals surface area contributed by atoms with E-state index in [9.17, 15) is 0 Å². The fourth-order valence-electron chi connectivity index (χ4n) is 4.75. The van der Waals surface area contributed by atoms with Crippen LogP contribution in [0.3, 0.4) is 0 Å². The van der Waals surface area contributed by atoms with Crippen LogP contribution in [-0.4, -0.2) is 28.9 Å². The summed E-state index contributed by atoms with van der Waals surface area (Å²) >= 11 is 0. The molecule has 0 saturated carbocycles. The van der Waals surface area contributed by atoms with Crippen molar-refractivity contribution >= 4 is 22.4 Å². The van der Waals surface area contributed by atoms with Crippen molar-refractivity contribution in [3.05, 3.63) is 24.3 Å². The lowest BCUT2D eigenvalue weighted by atomic mass is 10.1. The zero-order chi connectivity index (χ0) is 23.3. The van der Waals surface area contributed by atoms with Gasteiger partial charge in [-0.15, -0.1) is 0 Å². The summed E-state index contributed by atoms with van der Waals surface area (Å²) in [6.45, 7) is 15.0. The lowest BCUT2D eigenvalue weighted by Crippen LogP contribution is -2.31. The average Bonchev–Trinajstić information content (AvgIpc) is 2.81. The third-order valence-electron chi connectivity index (χ3n) is 7.97. The third-order valence-corrected chi connectivity index (χ3v) is 18.6. The fourth-order valence-corrected chi connectivity index (χ4v) is 11.6. The van der Waals surface area contributed by atoms with E-state index in [0.717, 1.165) is 6.54 Å². The summed E-state index contributed by atoms with van der Waals surface area (Å²) in [6.07, 6.45) is 22.9. The number of nitrogens with zero attached hydrogens (tertiary/aromatic N) is 1. The van der Waals surface area contributed by atoms with E-state index in [2.05, 4.69) is 72.1 Å². The Bertz CT molecular complexity index is 473. The highest BCUT2D eigenvalue weighted by Gasteiger charge is 2.26. The van der Waals surface area contributed by atoms with E-state index >= 15 is 0 Å². The SMILES string of the molecule is C/C=C/C[Si](CC)(CC)CC=NCCCCCCCCCC[Si](CC)(CC)C/C=C/C. The predicted octanol–water partition coefficient (Wildman–Crippen LogP) is 10.3. The minimum absolute atomic E-state index is 0.987. The second-order valence-electron chi connectivity index (χ2n) is 9.83. The van der Waals surface area contributed by atoms with Gasteiger partial charge < -0.3 is 0 Å². The normalized spacial score (nSPS) is 13.4. The third kappa shape index (κ3) is 14.4. The average molecular weight is 464 g/mol. The number of hydrogen-bond donors (Lipinski definition) is 0. The van der Waals surface area contributed by atoms with Gasteiger partial charge in [0.1, 0.15) is 0 Å². The molecule has 1 nitrogen and oxygen atoms in total. The van der Waals surface area contributed by atoms with Crippen LogP contribution in [0.25, 0.3) is 0 Å². The zero-order valence-electron chi connectivity index (χ0n) is 22.4. The second-order valence-corrected chi connectivity index (χ2v) is 20.4. The van der Waals surface area contributed by atoms with Crippen molar-refractivity contribution in [2.45, 2.75) is 141 Å². The molecule has 0 radical (unpaired) electrons. The van der Waals surface area contributed by atoms with Crippen LogP contribution in [0.5, 0.6) is 0 Å². The molecule has 3 heteroatoms. The summed E-state index contributed by atoms with van der Waals surface area (Å²) in [4.78, 5) is 4.76. The molecule has 0 bridgehead atoms. The molecule has 0 heterocycles.